The molecule has 0 aliphatic rings. The second kappa shape index (κ2) is 5.79. The minimum atomic E-state index is -0.264. The Kier molecular flexibility index (Phi) is 3.69. The van der Waals surface area contributed by atoms with E-state index < -0.39 is 0 Å². The molecular formula is C11H12N8OS. The van der Waals surface area contributed by atoms with Crippen molar-refractivity contribution in [1.82, 2.24) is 40.7 Å². The molecule has 3 rings (SSSR count). The van der Waals surface area contributed by atoms with Gasteiger partial charge in [-0.25, -0.2) is 4.98 Å². The predicted octanol–water partition coefficient (Wildman–Crippen LogP) is 0.397. The fourth-order valence-electron chi connectivity index (χ4n) is 1.72. The van der Waals surface area contributed by atoms with Gasteiger partial charge < -0.3 is 5.32 Å². The molecule has 21 heavy (non-hydrogen) atoms. The Bertz CT molecular complexity index is 705. The number of thiophene rings is 1. The van der Waals surface area contributed by atoms with Gasteiger partial charge in [0.05, 0.1) is 6.04 Å². The number of tetrazole rings is 1. The molecule has 3 aromatic rings. The fraction of sp³-hybridized carbons (Fsp3) is 0.273. The molecule has 0 fully saturated rings. The summed E-state index contributed by atoms with van der Waals surface area (Å²) in [5.41, 5.74) is 0.890. The van der Waals surface area contributed by atoms with Crippen molar-refractivity contribution in [2.75, 3.05) is 0 Å². The van der Waals surface area contributed by atoms with Gasteiger partial charge in [-0.05, 0) is 23.6 Å². The van der Waals surface area contributed by atoms with Crippen LogP contribution in [0.4, 0.5) is 0 Å². The van der Waals surface area contributed by atoms with Crippen molar-refractivity contribution >= 4 is 17.2 Å². The van der Waals surface area contributed by atoms with Crippen molar-refractivity contribution in [3.63, 3.8) is 0 Å². The van der Waals surface area contributed by atoms with E-state index in [1.54, 1.807) is 11.3 Å². The van der Waals surface area contributed by atoms with Crippen LogP contribution in [0.5, 0.6) is 0 Å². The Labute approximate surface area is 123 Å². The average Bonchev–Trinajstić information content (AvgIpc) is 3.21. The van der Waals surface area contributed by atoms with Crippen molar-refractivity contribution in [1.29, 1.82) is 0 Å². The van der Waals surface area contributed by atoms with Crippen molar-refractivity contribution in [3.05, 3.63) is 29.0 Å². The molecule has 0 aromatic carbocycles. The molecule has 2 N–H and O–H groups in total. The minimum absolute atomic E-state index is 0.00435. The van der Waals surface area contributed by atoms with Crippen LogP contribution in [0.25, 0.3) is 11.4 Å². The summed E-state index contributed by atoms with van der Waals surface area (Å²) < 4.78 is 0. The molecule has 1 unspecified atom stereocenters. The molecule has 1 atom stereocenters. The smallest absolute Gasteiger partial charge is 0.244 e. The fourth-order valence-corrected chi connectivity index (χ4v) is 2.36. The third-order valence-electron chi connectivity index (χ3n) is 2.74. The van der Waals surface area contributed by atoms with E-state index in [1.807, 2.05) is 23.8 Å². The molecule has 108 valence electrons. The Hall–Kier alpha value is -2.62. The highest BCUT2D eigenvalue weighted by molar-refractivity contribution is 7.08. The van der Waals surface area contributed by atoms with Gasteiger partial charge in [0, 0.05) is 10.9 Å². The van der Waals surface area contributed by atoms with Gasteiger partial charge in [0.25, 0.3) is 0 Å². The maximum absolute atomic E-state index is 11.9. The topological polar surface area (TPSA) is 114 Å². The van der Waals surface area contributed by atoms with E-state index in [1.165, 1.54) is 11.1 Å². The summed E-state index contributed by atoms with van der Waals surface area (Å²) >= 11 is 1.55. The van der Waals surface area contributed by atoms with Crippen LogP contribution in [0.3, 0.4) is 0 Å². The van der Waals surface area contributed by atoms with Crippen LogP contribution in [0.1, 0.15) is 18.8 Å². The molecule has 0 bridgehead atoms. The lowest BCUT2D eigenvalue weighted by atomic mass is 10.3. The molecule has 3 aromatic heterocycles. The highest BCUT2D eigenvalue weighted by atomic mass is 32.1. The standard InChI is InChI=1S/C11H12N8OS/c1-7(10-12-6-13-15-10)14-9(20)4-19-17-11(16-18-19)8-2-3-21-5-8/h2-3,5-7H,4H2,1H3,(H,14,20)(H,12,13,15). The lowest BCUT2D eigenvalue weighted by Crippen LogP contribution is -2.31. The van der Waals surface area contributed by atoms with Gasteiger partial charge >= 0.3 is 0 Å². The summed E-state index contributed by atoms with van der Waals surface area (Å²) in [5, 5.41) is 25.0. The first-order valence-electron chi connectivity index (χ1n) is 6.17. The van der Waals surface area contributed by atoms with Gasteiger partial charge in [-0.3, -0.25) is 9.89 Å². The summed E-state index contributed by atoms with van der Waals surface area (Å²) in [5.74, 6) is 0.870. The monoisotopic (exact) mass is 304 g/mol. The number of carbonyl (C=O) groups excluding carboxylic acids is 1. The van der Waals surface area contributed by atoms with E-state index in [4.69, 9.17) is 0 Å². The highest BCUT2D eigenvalue weighted by Crippen LogP contribution is 2.16. The van der Waals surface area contributed by atoms with E-state index in [9.17, 15) is 4.79 Å². The molecule has 0 saturated heterocycles. The Balaban J connectivity index is 1.60. The van der Waals surface area contributed by atoms with E-state index in [0.717, 1.165) is 5.56 Å². The van der Waals surface area contributed by atoms with Crippen LogP contribution < -0.4 is 5.32 Å². The van der Waals surface area contributed by atoms with E-state index in [0.29, 0.717) is 11.6 Å². The second-order valence-electron chi connectivity index (χ2n) is 4.32. The van der Waals surface area contributed by atoms with Crippen molar-refractivity contribution in [2.45, 2.75) is 19.5 Å². The van der Waals surface area contributed by atoms with Crippen LogP contribution in [0, 0.1) is 0 Å². The van der Waals surface area contributed by atoms with Crippen molar-refractivity contribution in [3.8, 4) is 11.4 Å². The number of H-pyrrole nitrogens is 1. The summed E-state index contributed by atoms with van der Waals surface area (Å²) in [6.07, 6.45) is 1.39. The first-order valence-corrected chi connectivity index (χ1v) is 7.11. The number of carbonyl (C=O) groups is 1. The summed E-state index contributed by atoms with van der Waals surface area (Å²) in [7, 11) is 0. The van der Waals surface area contributed by atoms with Gasteiger partial charge in [-0.1, -0.05) is 0 Å². The molecule has 1 amide bonds. The third kappa shape index (κ3) is 3.11. The third-order valence-corrected chi connectivity index (χ3v) is 3.42. The molecule has 0 aliphatic carbocycles. The zero-order chi connectivity index (χ0) is 14.7. The Morgan fingerprint density at radius 3 is 3.19 bits per heavy atom. The summed E-state index contributed by atoms with van der Waals surface area (Å²) in [4.78, 5) is 17.2. The average molecular weight is 304 g/mol. The van der Waals surface area contributed by atoms with Crippen LogP contribution in [-0.4, -0.2) is 41.3 Å². The lowest BCUT2D eigenvalue weighted by Gasteiger charge is -2.09. The molecular weight excluding hydrogens is 292 g/mol. The quantitative estimate of drug-likeness (QED) is 0.705. The van der Waals surface area contributed by atoms with Gasteiger partial charge in [-0.15, -0.1) is 10.2 Å². The molecule has 0 spiro atoms. The lowest BCUT2D eigenvalue weighted by molar-refractivity contribution is -0.122. The highest BCUT2D eigenvalue weighted by Gasteiger charge is 2.14. The number of hydrogen-bond donors (Lipinski definition) is 2. The maximum atomic E-state index is 11.9. The number of hydrogen-bond acceptors (Lipinski definition) is 7. The molecule has 9 nitrogen and oxygen atoms in total. The molecule has 0 aliphatic heterocycles. The van der Waals surface area contributed by atoms with Gasteiger partial charge in [0.15, 0.2) is 0 Å². The first-order chi connectivity index (χ1) is 10.2. The maximum Gasteiger partial charge on any atom is 0.244 e. The van der Waals surface area contributed by atoms with Gasteiger partial charge in [-0.2, -0.15) is 21.2 Å². The zero-order valence-corrected chi connectivity index (χ0v) is 11.9. The Morgan fingerprint density at radius 1 is 1.57 bits per heavy atom. The zero-order valence-electron chi connectivity index (χ0n) is 11.1. The summed E-state index contributed by atoms with van der Waals surface area (Å²) in [6.45, 7) is 1.81. The number of aromatic amines is 1. The second-order valence-corrected chi connectivity index (χ2v) is 5.10. The summed E-state index contributed by atoms with van der Waals surface area (Å²) in [6, 6.07) is 1.64. The van der Waals surface area contributed by atoms with E-state index >= 15 is 0 Å². The molecule has 10 heteroatoms. The van der Waals surface area contributed by atoms with Gasteiger partial charge in [0.1, 0.15) is 18.7 Å². The van der Waals surface area contributed by atoms with Crippen LogP contribution in [-0.2, 0) is 11.3 Å². The minimum Gasteiger partial charge on any atom is -0.345 e. The Morgan fingerprint density at radius 2 is 2.48 bits per heavy atom. The number of aromatic nitrogens is 7. The van der Waals surface area contributed by atoms with Crippen molar-refractivity contribution in [2.24, 2.45) is 0 Å². The number of nitrogens with one attached hydrogen (secondary N) is 2. The van der Waals surface area contributed by atoms with Gasteiger partial charge in [0.2, 0.25) is 11.7 Å². The SMILES string of the molecule is CC(NC(=O)Cn1nnc(-c2ccsc2)n1)c1ncn[nH]1. The number of amides is 1. The van der Waals surface area contributed by atoms with Crippen molar-refractivity contribution < 1.29 is 4.79 Å². The number of rotatable bonds is 5. The normalized spacial score (nSPS) is 12.2. The largest absolute Gasteiger partial charge is 0.345 e. The molecule has 3 heterocycles. The van der Waals surface area contributed by atoms with E-state index in [-0.39, 0.29) is 18.5 Å². The molecule has 0 radical (unpaired) electrons. The molecule has 0 saturated carbocycles. The van der Waals surface area contributed by atoms with Crippen LogP contribution in [0.2, 0.25) is 0 Å². The first kappa shape index (κ1) is 13.4. The van der Waals surface area contributed by atoms with E-state index in [2.05, 4.69) is 35.9 Å². The predicted molar refractivity (Wildman–Crippen MR) is 74.1 cm³/mol. The van der Waals surface area contributed by atoms with Crippen LogP contribution >= 0.6 is 11.3 Å². The number of nitrogens with zero attached hydrogens (tertiary/aromatic N) is 6. The van der Waals surface area contributed by atoms with Crippen LogP contribution in [0.15, 0.2) is 23.2 Å².